The van der Waals surface area contributed by atoms with Crippen LogP contribution in [0.2, 0.25) is 0 Å². The van der Waals surface area contributed by atoms with Crippen molar-refractivity contribution in [1.82, 2.24) is 25.3 Å². The van der Waals surface area contributed by atoms with Gasteiger partial charge in [-0.1, -0.05) is 5.16 Å². The van der Waals surface area contributed by atoms with Crippen molar-refractivity contribution in [2.45, 2.75) is 6.61 Å². The number of H-pyrrole nitrogens is 1. The number of hydrogen-bond donors (Lipinski definition) is 2. The summed E-state index contributed by atoms with van der Waals surface area (Å²) < 4.78 is 4.64. The van der Waals surface area contributed by atoms with Crippen molar-refractivity contribution in [2.75, 3.05) is 0 Å². The summed E-state index contributed by atoms with van der Waals surface area (Å²) >= 11 is 0. The zero-order chi connectivity index (χ0) is 8.39. The van der Waals surface area contributed by atoms with E-state index in [1.54, 1.807) is 0 Å². The molecule has 0 saturated heterocycles. The number of nitrogens with one attached hydrogen (secondary N) is 1. The van der Waals surface area contributed by atoms with E-state index >= 15 is 0 Å². The molecule has 0 bridgehead atoms. The number of aliphatic hydroxyl groups excluding tert-OH is 1. The second-order valence-electron chi connectivity index (χ2n) is 2.00. The summed E-state index contributed by atoms with van der Waals surface area (Å²) in [6, 6.07) is 0. The molecular weight excluding hydrogens is 162 g/mol. The van der Waals surface area contributed by atoms with Crippen molar-refractivity contribution in [3.8, 4) is 11.6 Å². The lowest BCUT2D eigenvalue weighted by atomic mass is 10.6. The van der Waals surface area contributed by atoms with E-state index < -0.39 is 0 Å². The first kappa shape index (κ1) is 6.92. The average molecular weight is 167 g/mol. The summed E-state index contributed by atoms with van der Waals surface area (Å²) in [5.41, 5.74) is 0. The Balaban J connectivity index is 2.35. The third-order valence-electron chi connectivity index (χ3n) is 1.23. The molecule has 7 heteroatoms. The van der Waals surface area contributed by atoms with Crippen LogP contribution < -0.4 is 0 Å². The van der Waals surface area contributed by atoms with Gasteiger partial charge in [0.15, 0.2) is 5.82 Å². The van der Waals surface area contributed by atoms with Gasteiger partial charge in [0, 0.05) is 0 Å². The van der Waals surface area contributed by atoms with Gasteiger partial charge in [0.2, 0.25) is 5.82 Å². The van der Waals surface area contributed by atoms with Crippen molar-refractivity contribution in [3.63, 3.8) is 0 Å². The molecule has 0 saturated carbocycles. The second kappa shape index (κ2) is 2.70. The maximum atomic E-state index is 8.61. The Bertz CT molecular complexity index is 354. The van der Waals surface area contributed by atoms with Gasteiger partial charge in [0.25, 0.3) is 5.89 Å². The molecule has 0 spiro atoms. The topological polar surface area (TPSA) is 101 Å². The summed E-state index contributed by atoms with van der Waals surface area (Å²) in [4.78, 5) is 7.61. The van der Waals surface area contributed by atoms with Gasteiger partial charge in [-0.2, -0.15) is 10.1 Å². The molecule has 0 unspecified atom stereocenters. The third kappa shape index (κ3) is 1.05. The highest BCUT2D eigenvalue weighted by atomic mass is 16.5. The summed E-state index contributed by atoms with van der Waals surface area (Å²) in [6.45, 7) is -0.277. The van der Waals surface area contributed by atoms with Crippen LogP contribution in [0.4, 0.5) is 0 Å². The van der Waals surface area contributed by atoms with Crippen molar-refractivity contribution in [3.05, 3.63) is 12.2 Å². The van der Waals surface area contributed by atoms with Crippen LogP contribution in [0.15, 0.2) is 10.9 Å². The summed E-state index contributed by atoms with van der Waals surface area (Å²) in [5, 5.41) is 18.3. The minimum atomic E-state index is -0.277. The SMILES string of the molecule is OCc1nc(-c2ncn[nH]2)no1. The molecule has 2 heterocycles. The van der Waals surface area contributed by atoms with Gasteiger partial charge in [-0.3, -0.25) is 5.10 Å². The molecular formula is C5H5N5O2. The first-order valence-corrected chi connectivity index (χ1v) is 3.19. The summed E-state index contributed by atoms with van der Waals surface area (Å²) in [7, 11) is 0. The molecule has 7 nitrogen and oxygen atoms in total. The molecule has 0 aliphatic rings. The molecule has 2 N–H and O–H groups in total. The van der Waals surface area contributed by atoms with Gasteiger partial charge in [-0.15, -0.1) is 0 Å². The highest BCUT2D eigenvalue weighted by Crippen LogP contribution is 2.07. The molecule has 0 atom stereocenters. The van der Waals surface area contributed by atoms with E-state index in [4.69, 9.17) is 5.11 Å². The zero-order valence-electron chi connectivity index (χ0n) is 5.93. The van der Waals surface area contributed by atoms with E-state index in [0.717, 1.165) is 0 Å². The molecule has 0 amide bonds. The monoisotopic (exact) mass is 167 g/mol. The van der Waals surface area contributed by atoms with Crippen molar-refractivity contribution in [2.24, 2.45) is 0 Å². The Morgan fingerprint density at radius 1 is 1.58 bits per heavy atom. The van der Waals surface area contributed by atoms with E-state index in [0.29, 0.717) is 5.82 Å². The first-order valence-electron chi connectivity index (χ1n) is 3.19. The molecule has 12 heavy (non-hydrogen) atoms. The lowest BCUT2D eigenvalue weighted by Crippen LogP contribution is -1.85. The van der Waals surface area contributed by atoms with Crippen LogP contribution in [0.3, 0.4) is 0 Å². The average Bonchev–Trinajstić information content (AvgIpc) is 2.75. The Morgan fingerprint density at radius 3 is 3.08 bits per heavy atom. The molecule has 0 fully saturated rings. The van der Waals surface area contributed by atoms with Gasteiger partial charge in [0.1, 0.15) is 12.9 Å². The van der Waals surface area contributed by atoms with E-state index in [9.17, 15) is 0 Å². The van der Waals surface area contributed by atoms with Gasteiger partial charge in [0.05, 0.1) is 0 Å². The lowest BCUT2D eigenvalue weighted by molar-refractivity contribution is 0.222. The number of hydrogen-bond acceptors (Lipinski definition) is 6. The normalized spacial score (nSPS) is 10.4. The molecule has 0 radical (unpaired) electrons. The molecule has 2 rings (SSSR count). The quantitative estimate of drug-likeness (QED) is 0.616. The highest BCUT2D eigenvalue weighted by molar-refractivity contribution is 5.39. The predicted octanol–water partition coefficient (Wildman–Crippen LogP) is -0.653. The van der Waals surface area contributed by atoms with Crippen LogP contribution in [0, 0.1) is 0 Å². The molecule has 2 aromatic heterocycles. The first-order chi connectivity index (χ1) is 5.90. The molecule has 2 aromatic rings. The number of rotatable bonds is 2. The fraction of sp³-hybridized carbons (Fsp3) is 0.200. The number of aromatic amines is 1. The van der Waals surface area contributed by atoms with Crippen LogP contribution in [0.25, 0.3) is 11.6 Å². The Labute approximate surface area is 66.4 Å². The third-order valence-corrected chi connectivity index (χ3v) is 1.23. The maximum absolute atomic E-state index is 8.61. The number of aromatic nitrogens is 5. The van der Waals surface area contributed by atoms with Gasteiger partial charge in [-0.25, -0.2) is 4.98 Å². The van der Waals surface area contributed by atoms with Gasteiger partial charge >= 0.3 is 0 Å². The fourth-order valence-electron chi connectivity index (χ4n) is 0.728. The standard InChI is InChI=1S/C5H5N5O2/c11-1-3-8-5(10-12-3)4-6-2-7-9-4/h2,11H,1H2,(H,6,7,9). The fourth-order valence-corrected chi connectivity index (χ4v) is 0.728. The lowest BCUT2D eigenvalue weighted by Gasteiger charge is -1.80. The van der Waals surface area contributed by atoms with Gasteiger partial charge < -0.3 is 9.63 Å². The minimum Gasteiger partial charge on any atom is -0.387 e. The Morgan fingerprint density at radius 2 is 2.50 bits per heavy atom. The van der Waals surface area contributed by atoms with Crippen LogP contribution >= 0.6 is 0 Å². The molecule has 0 aliphatic heterocycles. The van der Waals surface area contributed by atoms with Gasteiger partial charge in [-0.05, 0) is 0 Å². The van der Waals surface area contributed by atoms with Crippen molar-refractivity contribution >= 4 is 0 Å². The maximum Gasteiger partial charge on any atom is 0.252 e. The highest BCUT2D eigenvalue weighted by Gasteiger charge is 2.08. The summed E-state index contributed by atoms with van der Waals surface area (Å²) in [5.74, 6) is 0.858. The van der Waals surface area contributed by atoms with Crippen LogP contribution in [0.5, 0.6) is 0 Å². The van der Waals surface area contributed by atoms with Crippen LogP contribution in [0.1, 0.15) is 5.89 Å². The summed E-state index contributed by atoms with van der Waals surface area (Å²) in [6.07, 6.45) is 1.34. The van der Waals surface area contributed by atoms with E-state index in [-0.39, 0.29) is 18.3 Å². The molecule has 0 aliphatic carbocycles. The second-order valence-corrected chi connectivity index (χ2v) is 2.00. The smallest absolute Gasteiger partial charge is 0.252 e. The largest absolute Gasteiger partial charge is 0.387 e. The number of nitrogens with zero attached hydrogens (tertiary/aromatic N) is 4. The Hall–Kier alpha value is -1.76. The van der Waals surface area contributed by atoms with Crippen molar-refractivity contribution in [1.29, 1.82) is 0 Å². The van der Waals surface area contributed by atoms with Crippen LogP contribution in [-0.4, -0.2) is 30.4 Å². The van der Waals surface area contributed by atoms with Crippen molar-refractivity contribution < 1.29 is 9.63 Å². The van der Waals surface area contributed by atoms with E-state index in [1.165, 1.54) is 6.33 Å². The molecule has 0 aromatic carbocycles. The Kier molecular flexibility index (Phi) is 1.56. The predicted molar refractivity (Wildman–Crippen MR) is 35.6 cm³/mol. The molecule has 62 valence electrons. The minimum absolute atomic E-state index is 0.154. The zero-order valence-corrected chi connectivity index (χ0v) is 5.93. The van der Waals surface area contributed by atoms with Crippen LogP contribution in [-0.2, 0) is 6.61 Å². The van der Waals surface area contributed by atoms with E-state index in [2.05, 4.69) is 29.8 Å². The van der Waals surface area contributed by atoms with E-state index in [1.807, 2.05) is 0 Å². The number of aliphatic hydroxyl groups is 1.